The fraction of sp³-hybridized carbons (Fsp3) is 0.429. The van der Waals surface area contributed by atoms with E-state index in [1.54, 1.807) is 16.7 Å². The molecule has 1 heterocycles. The molecule has 0 radical (unpaired) electrons. The molecule has 0 fully saturated rings. The van der Waals surface area contributed by atoms with Crippen LogP contribution in [0, 0.1) is 5.82 Å². The third-order valence-electron chi connectivity index (χ3n) is 3.08. The van der Waals surface area contributed by atoms with Crippen molar-refractivity contribution in [2.24, 2.45) is 0 Å². The molecule has 5 nitrogen and oxygen atoms in total. The molecule has 1 atom stereocenters. The smallest absolute Gasteiger partial charge is 0.343 e. The molecule has 0 spiro atoms. The molecule has 1 aromatic carbocycles. The minimum absolute atomic E-state index is 0.234. The van der Waals surface area contributed by atoms with E-state index in [1.165, 1.54) is 23.9 Å². The second kappa shape index (κ2) is 7.42. The van der Waals surface area contributed by atoms with Gasteiger partial charge < -0.3 is 5.11 Å². The van der Waals surface area contributed by atoms with Gasteiger partial charge in [-0.15, -0.1) is 5.10 Å². The molecule has 2 N–H and O–H groups in total. The standard InChI is InChI=1S/C14H18FN3O2S/c1-2-3-8-18-13(20)16-17-14(18)21-9-12(19)10-4-6-11(15)7-5-10/h4-7,12,19H,2-3,8-9H2,1H3,(H,16,20)/t12-/m1/s1. The Kier molecular flexibility index (Phi) is 5.58. The number of aliphatic hydroxyl groups is 1. The predicted octanol–water partition coefficient (Wildman–Crippen LogP) is 2.34. The van der Waals surface area contributed by atoms with E-state index in [9.17, 15) is 14.3 Å². The second-order valence-electron chi connectivity index (χ2n) is 4.69. The molecule has 0 saturated heterocycles. The summed E-state index contributed by atoms with van der Waals surface area (Å²) in [4.78, 5) is 11.6. The van der Waals surface area contributed by atoms with Gasteiger partial charge in [0.25, 0.3) is 0 Å². The molecule has 7 heteroatoms. The zero-order valence-electron chi connectivity index (χ0n) is 11.8. The quantitative estimate of drug-likeness (QED) is 0.770. The number of hydrogen-bond acceptors (Lipinski definition) is 4. The number of nitrogens with one attached hydrogen (secondary N) is 1. The first-order chi connectivity index (χ1) is 10.1. The van der Waals surface area contributed by atoms with Crippen LogP contribution in [-0.2, 0) is 6.54 Å². The molecule has 0 aliphatic rings. The Hall–Kier alpha value is -1.60. The van der Waals surface area contributed by atoms with Gasteiger partial charge in [-0.3, -0.25) is 4.57 Å². The molecule has 0 bridgehead atoms. The average Bonchev–Trinajstić information content (AvgIpc) is 2.83. The Morgan fingerprint density at radius 1 is 1.43 bits per heavy atom. The van der Waals surface area contributed by atoms with Crippen LogP contribution in [0.3, 0.4) is 0 Å². The van der Waals surface area contributed by atoms with E-state index in [4.69, 9.17) is 0 Å². The maximum Gasteiger partial charge on any atom is 0.343 e. The van der Waals surface area contributed by atoms with Crippen LogP contribution in [0.25, 0.3) is 0 Å². The van der Waals surface area contributed by atoms with Gasteiger partial charge in [-0.25, -0.2) is 14.3 Å². The van der Waals surface area contributed by atoms with Gasteiger partial charge in [0, 0.05) is 12.3 Å². The molecular formula is C14H18FN3O2S. The number of unbranched alkanes of at least 4 members (excludes halogenated alkanes) is 1. The van der Waals surface area contributed by atoms with E-state index >= 15 is 0 Å². The summed E-state index contributed by atoms with van der Waals surface area (Å²) in [6.07, 6.45) is 1.15. The molecule has 2 aromatic rings. The lowest BCUT2D eigenvalue weighted by molar-refractivity contribution is 0.204. The first-order valence-electron chi connectivity index (χ1n) is 6.83. The Bertz CT molecular complexity index is 624. The summed E-state index contributed by atoms with van der Waals surface area (Å²) >= 11 is 1.30. The lowest BCUT2D eigenvalue weighted by Gasteiger charge is -2.10. The number of aliphatic hydroxyl groups excluding tert-OH is 1. The molecule has 0 aliphatic carbocycles. The van der Waals surface area contributed by atoms with Gasteiger partial charge in [-0.05, 0) is 24.1 Å². The van der Waals surface area contributed by atoms with Gasteiger partial charge in [0.2, 0.25) is 0 Å². The fourth-order valence-corrected chi connectivity index (χ4v) is 2.80. The second-order valence-corrected chi connectivity index (χ2v) is 5.68. The van der Waals surface area contributed by atoms with Gasteiger partial charge in [-0.1, -0.05) is 37.2 Å². The highest BCUT2D eigenvalue weighted by Crippen LogP contribution is 2.23. The van der Waals surface area contributed by atoms with Gasteiger partial charge in [-0.2, -0.15) is 0 Å². The monoisotopic (exact) mass is 311 g/mol. The minimum atomic E-state index is -0.734. The molecule has 1 aromatic heterocycles. The van der Waals surface area contributed by atoms with Crippen LogP contribution in [0.5, 0.6) is 0 Å². The highest BCUT2D eigenvalue weighted by Gasteiger charge is 2.13. The molecule has 21 heavy (non-hydrogen) atoms. The highest BCUT2D eigenvalue weighted by molar-refractivity contribution is 7.99. The van der Waals surface area contributed by atoms with Crippen molar-refractivity contribution in [3.05, 3.63) is 46.1 Å². The van der Waals surface area contributed by atoms with Crippen LogP contribution in [-0.4, -0.2) is 25.6 Å². The van der Waals surface area contributed by atoms with E-state index < -0.39 is 6.10 Å². The number of aromatic nitrogens is 3. The Morgan fingerprint density at radius 3 is 2.81 bits per heavy atom. The predicted molar refractivity (Wildman–Crippen MR) is 79.8 cm³/mol. The first-order valence-corrected chi connectivity index (χ1v) is 7.82. The van der Waals surface area contributed by atoms with Gasteiger partial charge >= 0.3 is 5.69 Å². The first kappa shape index (κ1) is 15.8. The zero-order valence-corrected chi connectivity index (χ0v) is 12.6. The summed E-state index contributed by atoms with van der Waals surface area (Å²) in [6.45, 7) is 2.66. The van der Waals surface area contributed by atoms with Crippen molar-refractivity contribution in [2.45, 2.75) is 37.6 Å². The summed E-state index contributed by atoms with van der Waals surface area (Å²) in [5.74, 6) is 0.0153. The lowest BCUT2D eigenvalue weighted by atomic mass is 10.1. The van der Waals surface area contributed by atoms with Crippen molar-refractivity contribution in [3.63, 3.8) is 0 Å². The average molecular weight is 311 g/mol. The number of aromatic amines is 1. The van der Waals surface area contributed by atoms with Crippen molar-refractivity contribution in [1.29, 1.82) is 0 Å². The minimum Gasteiger partial charge on any atom is -0.388 e. The van der Waals surface area contributed by atoms with Crippen molar-refractivity contribution in [1.82, 2.24) is 14.8 Å². The number of halogens is 1. The molecule has 0 saturated carbocycles. The van der Waals surface area contributed by atoms with Crippen LogP contribution >= 0.6 is 11.8 Å². The molecule has 2 rings (SSSR count). The van der Waals surface area contributed by atoms with Gasteiger partial charge in [0.05, 0.1) is 6.10 Å². The molecule has 0 unspecified atom stereocenters. The number of thioether (sulfide) groups is 1. The maximum atomic E-state index is 12.8. The van der Waals surface area contributed by atoms with Crippen molar-refractivity contribution in [2.75, 3.05) is 5.75 Å². The summed E-state index contributed by atoms with van der Waals surface area (Å²) in [6, 6.07) is 5.73. The largest absolute Gasteiger partial charge is 0.388 e. The van der Waals surface area contributed by atoms with Crippen molar-refractivity contribution in [3.8, 4) is 0 Å². The number of rotatable bonds is 7. The summed E-state index contributed by atoms with van der Waals surface area (Å²) in [7, 11) is 0. The molecule has 114 valence electrons. The maximum absolute atomic E-state index is 12.8. The number of hydrogen-bond donors (Lipinski definition) is 2. The SMILES string of the molecule is CCCCn1c(SC[C@@H](O)c2ccc(F)cc2)n[nH]c1=O. The third kappa shape index (κ3) is 4.18. The number of nitrogens with zero attached hydrogens (tertiary/aromatic N) is 2. The summed E-state index contributed by atoms with van der Waals surface area (Å²) in [5.41, 5.74) is 0.407. The normalized spacial score (nSPS) is 12.5. The number of benzene rings is 1. The Labute approximate surface area is 126 Å². The highest BCUT2D eigenvalue weighted by atomic mass is 32.2. The van der Waals surface area contributed by atoms with Crippen molar-refractivity contribution >= 4 is 11.8 Å². The summed E-state index contributed by atoms with van der Waals surface area (Å²) < 4.78 is 14.4. The van der Waals surface area contributed by atoms with Crippen LogP contribution in [0.1, 0.15) is 31.4 Å². The molecular weight excluding hydrogens is 293 g/mol. The van der Waals surface area contributed by atoms with Crippen LogP contribution in [0.15, 0.2) is 34.2 Å². The van der Waals surface area contributed by atoms with Gasteiger partial charge in [0.1, 0.15) is 5.82 Å². The van der Waals surface area contributed by atoms with E-state index in [0.717, 1.165) is 12.8 Å². The molecule has 0 amide bonds. The topological polar surface area (TPSA) is 70.9 Å². The molecule has 0 aliphatic heterocycles. The zero-order chi connectivity index (χ0) is 15.2. The van der Waals surface area contributed by atoms with Crippen LogP contribution < -0.4 is 5.69 Å². The van der Waals surface area contributed by atoms with Crippen molar-refractivity contribution < 1.29 is 9.50 Å². The van der Waals surface area contributed by atoms with E-state index in [-0.39, 0.29) is 11.5 Å². The fourth-order valence-electron chi connectivity index (χ4n) is 1.86. The van der Waals surface area contributed by atoms with Gasteiger partial charge in [0.15, 0.2) is 5.16 Å². The van der Waals surface area contributed by atoms with Crippen LogP contribution in [0.2, 0.25) is 0 Å². The van der Waals surface area contributed by atoms with E-state index in [0.29, 0.717) is 23.0 Å². The third-order valence-corrected chi connectivity index (χ3v) is 4.14. The Balaban J connectivity index is 1.99. The number of H-pyrrole nitrogens is 1. The lowest BCUT2D eigenvalue weighted by Crippen LogP contribution is -2.17. The van der Waals surface area contributed by atoms with E-state index in [2.05, 4.69) is 17.1 Å². The van der Waals surface area contributed by atoms with Crippen LogP contribution in [0.4, 0.5) is 4.39 Å². The summed E-state index contributed by atoms with van der Waals surface area (Å²) in [5, 5.41) is 17.0. The van der Waals surface area contributed by atoms with E-state index in [1.807, 2.05) is 0 Å². The Morgan fingerprint density at radius 2 is 2.14 bits per heavy atom.